The van der Waals surface area contributed by atoms with Gasteiger partial charge in [-0.3, -0.25) is 19.5 Å². The molecule has 1 heterocycles. The van der Waals surface area contributed by atoms with Gasteiger partial charge in [-0.15, -0.1) is 10.2 Å². The molecule has 0 saturated heterocycles. The summed E-state index contributed by atoms with van der Waals surface area (Å²) in [6, 6.07) is 21.4. The maximum atomic E-state index is 12.9. The lowest BCUT2D eigenvalue weighted by Crippen LogP contribution is -2.28. The van der Waals surface area contributed by atoms with Crippen molar-refractivity contribution >= 4 is 23.4 Å². The Balaban J connectivity index is 1.62. The van der Waals surface area contributed by atoms with Gasteiger partial charge >= 0.3 is 0 Å². The van der Waals surface area contributed by atoms with Crippen LogP contribution in [0.15, 0.2) is 78.0 Å². The maximum absolute atomic E-state index is 12.9. The summed E-state index contributed by atoms with van der Waals surface area (Å²) in [5.41, 5.74) is 4.51. The van der Waals surface area contributed by atoms with Crippen LogP contribution in [0.3, 0.4) is 0 Å². The number of amides is 1. The minimum absolute atomic E-state index is 0.136. The summed E-state index contributed by atoms with van der Waals surface area (Å²) in [7, 11) is 0. The van der Waals surface area contributed by atoms with Crippen LogP contribution < -0.4 is 5.32 Å². The molecule has 4 aromatic rings. The molecule has 0 aliphatic heterocycles. The number of nitrogens with one attached hydrogen (secondary N) is 1. The Morgan fingerprint density at radius 1 is 1.06 bits per heavy atom. The Kier molecular flexibility index (Phi) is 7.26. The minimum Gasteiger partial charge on any atom is -0.342 e. The zero-order chi connectivity index (χ0) is 24.9. The monoisotopic (exact) mass is 487 g/mol. The van der Waals surface area contributed by atoms with Crippen LogP contribution in [0.5, 0.6) is 0 Å². The lowest BCUT2D eigenvalue weighted by Gasteiger charge is -2.17. The molecule has 0 bridgehead atoms. The standard InChI is InChI=1S/C26H25N5O3S/c1-17-11-13-22(14-12-17)30-24(28-29-26(30)35-16-21-8-5-4-7-18(21)2)19(3)27-25(32)20-9-6-10-23(15-20)31(33)34/h4-15,19H,16H2,1-3H3,(H,27,32). The first-order valence-corrected chi connectivity index (χ1v) is 12.1. The van der Waals surface area contributed by atoms with Crippen LogP contribution in [-0.2, 0) is 5.75 Å². The van der Waals surface area contributed by atoms with E-state index in [0.717, 1.165) is 17.0 Å². The molecule has 0 saturated carbocycles. The van der Waals surface area contributed by atoms with Gasteiger partial charge in [0.15, 0.2) is 11.0 Å². The summed E-state index contributed by atoms with van der Waals surface area (Å²) < 4.78 is 1.95. The molecule has 3 aromatic carbocycles. The fourth-order valence-electron chi connectivity index (χ4n) is 3.61. The van der Waals surface area contributed by atoms with Crippen molar-refractivity contribution in [1.82, 2.24) is 20.1 Å². The van der Waals surface area contributed by atoms with Crippen LogP contribution in [0.1, 0.15) is 45.8 Å². The van der Waals surface area contributed by atoms with E-state index < -0.39 is 16.9 Å². The number of hydrogen-bond acceptors (Lipinski definition) is 6. The molecule has 1 aromatic heterocycles. The van der Waals surface area contributed by atoms with E-state index in [-0.39, 0.29) is 11.3 Å². The predicted octanol–water partition coefficient (Wildman–Crippen LogP) is 5.58. The Morgan fingerprint density at radius 3 is 2.51 bits per heavy atom. The first-order valence-electron chi connectivity index (χ1n) is 11.1. The highest BCUT2D eigenvalue weighted by Gasteiger charge is 2.22. The number of nitrogens with zero attached hydrogens (tertiary/aromatic N) is 4. The summed E-state index contributed by atoms with van der Waals surface area (Å²) in [5, 5.41) is 23.5. The van der Waals surface area contributed by atoms with Gasteiger partial charge < -0.3 is 5.32 Å². The Hall–Kier alpha value is -3.98. The third kappa shape index (κ3) is 5.58. The molecule has 0 spiro atoms. The molecular weight excluding hydrogens is 462 g/mol. The third-order valence-corrected chi connectivity index (χ3v) is 6.60. The van der Waals surface area contributed by atoms with Gasteiger partial charge in [-0.1, -0.05) is 59.8 Å². The van der Waals surface area contributed by atoms with Gasteiger partial charge in [0, 0.05) is 29.1 Å². The average Bonchev–Trinajstić information content (AvgIpc) is 3.28. The highest BCUT2D eigenvalue weighted by atomic mass is 32.2. The van der Waals surface area contributed by atoms with E-state index in [4.69, 9.17) is 0 Å². The number of benzene rings is 3. The van der Waals surface area contributed by atoms with Crippen LogP contribution in [0.25, 0.3) is 5.69 Å². The smallest absolute Gasteiger partial charge is 0.270 e. The number of aryl methyl sites for hydroxylation is 2. The molecule has 1 atom stereocenters. The quantitative estimate of drug-likeness (QED) is 0.198. The second-order valence-corrected chi connectivity index (χ2v) is 9.17. The zero-order valence-electron chi connectivity index (χ0n) is 19.6. The fraction of sp³-hybridized carbons (Fsp3) is 0.192. The first-order chi connectivity index (χ1) is 16.8. The molecule has 0 aliphatic carbocycles. The summed E-state index contributed by atoms with van der Waals surface area (Å²) >= 11 is 1.57. The molecule has 1 amide bonds. The largest absolute Gasteiger partial charge is 0.342 e. The number of thioether (sulfide) groups is 1. The van der Waals surface area contributed by atoms with E-state index in [1.165, 1.54) is 29.3 Å². The van der Waals surface area contributed by atoms with Gasteiger partial charge in [0.25, 0.3) is 11.6 Å². The molecule has 4 rings (SSSR count). The van der Waals surface area contributed by atoms with Crippen molar-refractivity contribution in [2.24, 2.45) is 0 Å². The highest BCUT2D eigenvalue weighted by molar-refractivity contribution is 7.98. The second-order valence-electron chi connectivity index (χ2n) is 8.23. The molecule has 1 N–H and O–H groups in total. The molecular formula is C26H25N5O3S. The Bertz CT molecular complexity index is 1370. The SMILES string of the molecule is Cc1ccc(-n2c(SCc3ccccc3C)nnc2C(C)NC(=O)c2cccc([N+](=O)[O-])c2)cc1. The number of nitro groups is 1. The topological polar surface area (TPSA) is 103 Å². The number of non-ortho nitro benzene ring substituents is 1. The summed E-state index contributed by atoms with van der Waals surface area (Å²) in [5.74, 6) is 0.874. The van der Waals surface area contributed by atoms with Crippen LogP contribution in [0.2, 0.25) is 0 Å². The highest BCUT2D eigenvalue weighted by Crippen LogP contribution is 2.28. The predicted molar refractivity (Wildman–Crippen MR) is 136 cm³/mol. The molecule has 0 aliphatic rings. The van der Waals surface area contributed by atoms with Gasteiger partial charge in [-0.25, -0.2) is 0 Å². The van der Waals surface area contributed by atoms with E-state index in [2.05, 4.69) is 34.6 Å². The van der Waals surface area contributed by atoms with Crippen molar-refractivity contribution in [2.75, 3.05) is 0 Å². The van der Waals surface area contributed by atoms with Gasteiger partial charge in [0.2, 0.25) is 0 Å². The molecule has 35 heavy (non-hydrogen) atoms. The van der Waals surface area contributed by atoms with E-state index >= 15 is 0 Å². The zero-order valence-corrected chi connectivity index (χ0v) is 20.5. The lowest BCUT2D eigenvalue weighted by molar-refractivity contribution is -0.384. The molecule has 1 unspecified atom stereocenters. The Morgan fingerprint density at radius 2 is 1.80 bits per heavy atom. The summed E-state index contributed by atoms with van der Waals surface area (Å²) in [4.78, 5) is 23.4. The van der Waals surface area contributed by atoms with Crippen molar-refractivity contribution in [2.45, 2.75) is 37.7 Å². The summed E-state index contributed by atoms with van der Waals surface area (Å²) in [6.45, 7) is 5.92. The van der Waals surface area contributed by atoms with Crippen LogP contribution >= 0.6 is 11.8 Å². The van der Waals surface area contributed by atoms with E-state index in [0.29, 0.717) is 11.0 Å². The average molecular weight is 488 g/mol. The van der Waals surface area contributed by atoms with Crippen molar-refractivity contribution in [3.8, 4) is 5.69 Å². The van der Waals surface area contributed by atoms with Crippen LogP contribution in [-0.4, -0.2) is 25.6 Å². The number of rotatable bonds is 8. The summed E-state index contributed by atoms with van der Waals surface area (Å²) in [6.07, 6.45) is 0. The third-order valence-electron chi connectivity index (χ3n) is 5.62. The molecule has 178 valence electrons. The van der Waals surface area contributed by atoms with Crippen molar-refractivity contribution in [3.05, 3.63) is 111 Å². The lowest BCUT2D eigenvalue weighted by atomic mass is 10.1. The Labute approximate surface area is 207 Å². The van der Waals surface area contributed by atoms with Crippen molar-refractivity contribution in [1.29, 1.82) is 0 Å². The van der Waals surface area contributed by atoms with E-state index in [1.54, 1.807) is 17.8 Å². The number of aromatic nitrogens is 3. The number of hydrogen-bond donors (Lipinski definition) is 1. The molecule has 8 nitrogen and oxygen atoms in total. The number of carbonyl (C=O) groups is 1. The minimum atomic E-state index is -0.522. The molecule has 0 radical (unpaired) electrons. The van der Waals surface area contributed by atoms with Gasteiger partial charge in [-0.2, -0.15) is 0 Å². The van der Waals surface area contributed by atoms with Crippen molar-refractivity contribution < 1.29 is 9.72 Å². The van der Waals surface area contributed by atoms with Gasteiger partial charge in [0.1, 0.15) is 0 Å². The van der Waals surface area contributed by atoms with E-state index in [9.17, 15) is 14.9 Å². The normalized spacial score (nSPS) is 11.7. The van der Waals surface area contributed by atoms with Gasteiger partial charge in [-0.05, 0) is 50.1 Å². The van der Waals surface area contributed by atoms with E-state index in [1.807, 2.05) is 54.8 Å². The fourth-order valence-corrected chi connectivity index (χ4v) is 4.65. The van der Waals surface area contributed by atoms with Crippen molar-refractivity contribution in [3.63, 3.8) is 0 Å². The molecule has 0 fully saturated rings. The molecule has 9 heteroatoms. The maximum Gasteiger partial charge on any atom is 0.270 e. The van der Waals surface area contributed by atoms with Crippen LogP contribution in [0.4, 0.5) is 5.69 Å². The van der Waals surface area contributed by atoms with Gasteiger partial charge in [0.05, 0.1) is 11.0 Å². The number of carbonyl (C=O) groups excluding carboxylic acids is 1. The number of nitro benzene ring substituents is 1. The second kappa shape index (κ2) is 10.5. The first kappa shape index (κ1) is 24.2. The van der Waals surface area contributed by atoms with Crippen LogP contribution in [0, 0.1) is 24.0 Å².